The van der Waals surface area contributed by atoms with Gasteiger partial charge < -0.3 is 15.6 Å². The first-order valence-electron chi connectivity index (χ1n) is 12.1. The molecule has 13 heteroatoms. The number of aromatic amines is 1. The summed E-state index contributed by atoms with van der Waals surface area (Å²) in [6.45, 7) is 4.62. The largest absolute Gasteiger partial charge is 0.349 e. The molecule has 0 spiro atoms. The van der Waals surface area contributed by atoms with Gasteiger partial charge in [0.15, 0.2) is 0 Å². The molecule has 0 aliphatic carbocycles. The molecule has 0 radical (unpaired) electrons. The van der Waals surface area contributed by atoms with Gasteiger partial charge in [-0.15, -0.1) is 0 Å². The number of benzene rings is 3. The molecule has 0 fully saturated rings. The van der Waals surface area contributed by atoms with Gasteiger partial charge in [0.05, 0.1) is 9.79 Å². The molecule has 4 N–H and O–H groups in total. The summed E-state index contributed by atoms with van der Waals surface area (Å²) in [5, 5.41) is 5.69. The van der Waals surface area contributed by atoms with Crippen molar-refractivity contribution in [3.63, 3.8) is 0 Å². The van der Waals surface area contributed by atoms with Crippen LogP contribution in [0.1, 0.15) is 28.5 Å². The third-order valence-electron chi connectivity index (χ3n) is 5.90. The van der Waals surface area contributed by atoms with Gasteiger partial charge >= 0.3 is 0 Å². The lowest BCUT2D eigenvalue weighted by Crippen LogP contribution is -2.35. The number of carbonyl (C=O) groups excluding carboxylic acids is 2. The van der Waals surface area contributed by atoms with Crippen molar-refractivity contribution in [2.75, 3.05) is 18.4 Å². The summed E-state index contributed by atoms with van der Waals surface area (Å²) in [7, 11) is -8.05. The molecule has 0 atom stereocenters. The standard InChI is InChI=1S/C27H27ClN4O6S2/c1-16-12-17(2)14-22(13-16)39(35,36)26-23-15-19(28)4-9-24(23)32-25(26)27(34)29-10-11-30-40(37,38)21-7-5-20(6-8-21)31-18(3)33/h4-9,12-15,30,32H,10-11H2,1-3H3,(H,29,34)(H,31,33). The molecular formula is C27H27ClN4O6S2. The fraction of sp³-hybridized carbons (Fsp3) is 0.185. The molecule has 40 heavy (non-hydrogen) atoms. The van der Waals surface area contributed by atoms with E-state index in [9.17, 15) is 26.4 Å². The summed E-state index contributed by atoms with van der Waals surface area (Å²) in [4.78, 5) is 27.0. The van der Waals surface area contributed by atoms with Crippen LogP contribution in [-0.2, 0) is 24.7 Å². The third kappa shape index (κ3) is 6.36. The average Bonchev–Trinajstić information content (AvgIpc) is 3.25. The monoisotopic (exact) mass is 602 g/mol. The number of halogens is 1. The van der Waals surface area contributed by atoms with Crippen LogP contribution in [0.2, 0.25) is 5.02 Å². The summed E-state index contributed by atoms with van der Waals surface area (Å²) < 4.78 is 55.2. The normalized spacial score (nSPS) is 11.9. The number of aromatic nitrogens is 1. The lowest BCUT2D eigenvalue weighted by molar-refractivity contribution is -0.114. The Morgan fingerprint density at radius 3 is 2.12 bits per heavy atom. The van der Waals surface area contributed by atoms with E-state index < -0.39 is 25.8 Å². The van der Waals surface area contributed by atoms with Crippen LogP contribution in [-0.4, -0.2) is 46.7 Å². The van der Waals surface area contributed by atoms with Gasteiger partial charge in [0.1, 0.15) is 10.6 Å². The highest BCUT2D eigenvalue weighted by atomic mass is 35.5. The summed E-state index contributed by atoms with van der Waals surface area (Å²) in [6, 6.07) is 15.1. The highest BCUT2D eigenvalue weighted by Gasteiger charge is 2.30. The Labute approximate surface area is 237 Å². The molecule has 1 aromatic heterocycles. The zero-order valence-corrected chi connectivity index (χ0v) is 24.2. The Morgan fingerprint density at radius 2 is 1.50 bits per heavy atom. The van der Waals surface area contributed by atoms with Gasteiger partial charge in [-0.2, -0.15) is 0 Å². The molecule has 0 saturated carbocycles. The van der Waals surface area contributed by atoms with Gasteiger partial charge in [0, 0.05) is 41.6 Å². The molecule has 0 bridgehead atoms. The van der Waals surface area contributed by atoms with Crippen LogP contribution >= 0.6 is 11.6 Å². The predicted octanol–water partition coefficient (Wildman–Crippen LogP) is 3.94. The topological polar surface area (TPSA) is 154 Å². The number of amides is 2. The number of hydrogen-bond donors (Lipinski definition) is 4. The van der Waals surface area contributed by atoms with Gasteiger partial charge in [-0.1, -0.05) is 17.7 Å². The molecular weight excluding hydrogens is 576 g/mol. The molecule has 4 rings (SSSR count). The van der Waals surface area contributed by atoms with Crippen molar-refractivity contribution in [3.05, 3.63) is 82.5 Å². The Morgan fingerprint density at radius 1 is 0.850 bits per heavy atom. The predicted molar refractivity (Wildman–Crippen MR) is 153 cm³/mol. The molecule has 2 amide bonds. The second-order valence-corrected chi connectivity index (χ2v) is 13.3. The van der Waals surface area contributed by atoms with E-state index in [-0.39, 0.29) is 44.8 Å². The second-order valence-electron chi connectivity index (χ2n) is 9.21. The van der Waals surface area contributed by atoms with Gasteiger partial charge in [0.25, 0.3) is 5.91 Å². The van der Waals surface area contributed by atoms with Crippen molar-refractivity contribution >= 4 is 59.9 Å². The fourth-order valence-electron chi connectivity index (χ4n) is 4.24. The van der Waals surface area contributed by atoms with Crippen LogP contribution in [0.5, 0.6) is 0 Å². The van der Waals surface area contributed by atoms with Crippen LogP contribution in [0.25, 0.3) is 10.9 Å². The smallest absolute Gasteiger partial charge is 0.269 e. The number of nitrogens with one attached hydrogen (secondary N) is 4. The maximum absolute atomic E-state index is 13.8. The summed E-state index contributed by atoms with van der Waals surface area (Å²) in [5.74, 6) is -1.01. The van der Waals surface area contributed by atoms with Gasteiger partial charge in [-0.3, -0.25) is 9.59 Å². The highest BCUT2D eigenvalue weighted by molar-refractivity contribution is 7.91. The maximum Gasteiger partial charge on any atom is 0.269 e. The molecule has 0 unspecified atom stereocenters. The van der Waals surface area contributed by atoms with Crippen molar-refractivity contribution < 1.29 is 26.4 Å². The van der Waals surface area contributed by atoms with E-state index in [2.05, 4.69) is 20.3 Å². The zero-order valence-electron chi connectivity index (χ0n) is 21.8. The van der Waals surface area contributed by atoms with E-state index in [0.717, 1.165) is 11.1 Å². The molecule has 3 aromatic carbocycles. The number of anilines is 1. The van der Waals surface area contributed by atoms with E-state index in [1.54, 1.807) is 26.0 Å². The lowest BCUT2D eigenvalue weighted by atomic mass is 10.2. The van der Waals surface area contributed by atoms with Crippen molar-refractivity contribution in [1.82, 2.24) is 15.0 Å². The van der Waals surface area contributed by atoms with Crippen LogP contribution in [0, 0.1) is 13.8 Å². The zero-order chi connectivity index (χ0) is 29.2. The van der Waals surface area contributed by atoms with Crippen molar-refractivity contribution in [2.45, 2.75) is 35.5 Å². The minimum Gasteiger partial charge on any atom is -0.349 e. The summed E-state index contributed by atoms with van der Waals surface area (Å²) in [5.41, 5.74) is 2.16. The lowest BCUT2D eigenvalue weighted by Gasteiger charge is -2.11. The quantitative estimate of drug-likeness (QED) is 0.213. The molecule has 1 heterocycles. The molecule has 10 nitrogen and oxygen atoms in total. The van der Waals surface area contributed by atoms with Gasteiger partial charge in [-0.25, -0.2) is 21.6 Å². The Bertz CT molecular complexity index is 1810. The van der Waals surface area contributed by atoms with Crippen molar-refractivity contribution in [3.8, 4) is 0 Å². The van der Waals surface area contributed by atoms with Gasteiger partial charge in [-0.05, 0) is 79.6 Å². The van der Waals surface area contributed by atoms with Crippen LogP contribution < -0.4 is 15.4 Å². The Kier molecular flexibility index (Phi) is 8.36. The van der Waals surface area contributed by atoms with E-state index in [1.165, 1.54) is 49.4 Å². The van der Waals surface area contributed by atoms with Gasteiger partial charge in [0.2, 0.25) is 25.8 Å². The van der Waals surface area contributed by atoms with E-state index in [1.807, 2.05) is 6.07 Å². The van der Waals surface area contributed by atoms with E-state index >= 15 is 0 Å². The van der Waals surface area contributed by atoms with Crippen LogP contribution in [0.4, 0.5) is 5.69 Å². The summed E-state index contributed by atoms with van der Waals surface area (Å²) in [6.07, 6.45) is 0. The molecule has 4 aromatic rings. The molecule has 0 aliphatic rings. The van der Waals surface area contributed by atoms with Crippen LogP contribution in [0.15, 0.2) is 75.4 Å². The SMILES string of the molecule is CC(=O)Nc1ccc(S(=O)(=O)NCCNC(=O)c2[nH]c3ccc(Cl)cc3c2S(=O)(=O)c2cc(C)cc(C)c2)cc1. The third-order valence-corrected chi connectivity index (χ3v) is 9.43. The van der Waals surface area contributed by atoms with E-state index in [0.29, 0.717) is 16.2 Å². The number of rotatable bonds is 9. The van der Waals surface area contributed by atoms with E-state index in [4.69, 9.17) is 11.6 Å². The number of aryl methyl sites for hydroxylation is 2. The second kappa shape index (κ2) is 11.4. The summed E-state index contributed by atoms with van der Waals surface area (Å²) >= 11 is 6.16. The maximum atomic E-state index is 13.8. The van der Waals surface area contributed by atoms with Crippen molar-refractivity contribution in [2.24, 2.45) is 0 Å². The number of fused-ring (bicyclic) bond motifs is 1. The van der Waals surface area contributed by atoms with Crippen LogP contribution in [0.3, 0.4) is 0 Å². The number of H-pyrrole nitrogens is 1. The Balaban J connectivity index is 1.55. The molecule has 0 aliphatic heterocycles. The first-order valence-corrected chi connectivity index (χ1v) is 15.4. The fourth-order valence-corrected chi connectivity index (χ4v) is 7.23. The number of sulfone groups is 1. The number of hydrogen-bond acceptors (Lipinski definition) is 6. The minimum absolute atomic E-state index is 0.0257. The van der Waals surface area contributed by atoms with Crippen molar-refractivity contribution in [1.29, 1.82) is 0 Å². The molecule has 0 saturated heterocycles. The Hall–Kier alpha value is -3.71. The molecule has 210 valence electrons. The number of sulfonamides is 1. The average molecular weight is 603 g/mol. The first kappa shape index (κ1) is 29.3. The number of carbonyl (C=O) groups is 2. The minimum atomic E-state index is -4.15. The highest BCUT2D eigenvalue weighted by Crippen LogP contribution is 2.34. The first-order chi connectivity index (χ1) is 18.8.